The zero-order valence-electron chi connectivity index (χ0n) is 22.4. The maximum atomic E-state index is 15.4. The zero-order valence-corrected chi connectivity index (χ0v) is 26.3. The lowest BCUT2D eigenvalue weighted by Crippen LogP contribution is -2.49. The smallest absolute Gasteiger partial charge is 0.272 e. The van der Waals surface area contributed by atoms with Crippen LogP contribution in [0.1, 0.15) is 31.7 Å². The fraction of sp³-hybridized carbons (Fsp3) is 0.407. The summed E-state index contributed by atoms with van der Waals surface area (Å²) < 4.78 is 46.2. The van der Waals surface area contributed by atoms with Crippen molar-refractivity contribution in [1.29, 1.82) is 0 Å². The van der Waals surface area contributed by atoms with Crippen molar-refractivity contribution in [3.63, 3.8) is 0 Å². The van der Waals surface area contributed by atoms with Crippen LogP contribution >= 0.6 is 38.9 Å². The maximum Gasteiger partial charge on any atom is 0.272 e. The number of nitrogens with one attached hydrogen (secondary N) is 1. The molecule has 3 aromatic heterocycles. The number of anilines is 2. The van der Waals surface area contributed by atoms with E-state index in [2.05, 4.69) is 52.0 Å². The largest absolute Gasteiger partial charge is 0.383 e. The van der Waals surface area contributed by atoms with Crippen LogP contribution in [0.4, 0.5) is 15.9 Å². The van der Waals surface area contributed by atoms with Crippen molar-refractivity contribution in [1.82, 2.24) is 24.3 Å². The van der Waals surface area contributed by atoms with Gasteiger partial charge in [0.2, 0.25) is 0 Å². The van der Waals surface area contributed by atoms with Crippen molar-refractivity contribution in [3.05, 3.63) is 51.4 Å². The summed E-state index contributed by atoms with van der Waals surface area (Å²) in [5.41, 5.74) is 8.15. The van der Waals surface area contributed by atoms with Crippen LogP contribution < -0.4 is 10.5 Å². The minimum Gasteiger partial charge on any atom is -0.383 e. The fourth-order valence-corrected chi connectivity index (χ4v) is 10.0. The monoisotopic (exact) mass is 681 g/mol. The van der Waals surface area contributed by atoms with Crippen molar-refractivity contribution in [2.24, 2.45) is 0 Å². The third-order valence-corrected chi connectivity index (χ3v) is 12.5. The van der Waals surface area contributed by atoms with E-state index in [0.29, 0.717) is 37.2 Å². The van der Waals surface area contributed by atoms with E-state index in [4.69, 9.17) is 17.3 Å². The van der Waals surface area contributed by atoms with E-state index in [1.807, 2.05) is 6.20 Å². The lowest BCUT2D eigenvalue weighted by Gasteiger charge is -2.41. The lowest BCUT2D eigenvalue weighted by atomic mass is 9.89. The van der Waals surface area contributed by atoms with E-state index in [0.717, 1.165) is 68.8 Å². The Morgan fingerprint density at radius 2 is 1.80 bits per heavy atom. The molecule has 4 aromatic rings. The third-order valence-electron chi connectivity index (χ3n) is 8.15. The maximum absolute atomic E-state index is 15.4. The van der Waals surface area contributed by atoms with E-state index in [1.54, 1.807) is 6.07 Å². The highest BCUT2D eigenvalue weighted by Gasteiger charge is 2.30. The topological polar surface area (TPSA) is 109 Å². The van der Waals surface area contributed by atoms with Gasteiger partial charge < -0.3 is 15.2 Å². The number of sulfonamides is 1. The summed E-state index contributed by atoms with van der Waals surface area (Å²) in [5, 5.41) is 0.665. The minimum atomic E-state index is -4.04. The van der Waals surface area contributed by atoms with Crippen LogP contribution in [0.5, 0.6) is 0 Å². The highest BCUT2D eigenvalue weighted by Crippen LogP contribution is 2.40. The zero-order chi connectivity index (χ0) is 28.9. The molecule has 0 bridgehead atoms. The molecule has 14 heteroatoms. The van der Waals surface area contributed by atoms with Gasteiger partial charge in [-0.05, 0) is 72.4 Å². The molecule has 41 heavy (non-hydrogen) atoms. The number of nitrogen functional groups attached to an aromatic ring is 1. The quantitative estimate of drug-likeness (QED) is 0.264. The van der Waals surface area contributed by atoms with Crippen molar-refractivity contribution < 1.29 is 12.8 Å². The van der Waals surface area contributed by atoms with Gasteiger partial charge in [0.25, 0.3) is 10.0 Å². The van der Waals surface area contributed by atoms with E-state index < -0.39 is 15.8 Å². The van der Waals surface area contributed by atoms with Crippen molar-refractivity contribution in [2.75, 3.05) is 43.7 Å². The molecule has 218 valence electrons. The molecule has 1 saturated heterocycles. The molecule has 0 atom stereocenters. The first kappa shape index (κ1) is 28.8. The summed E-state index contributed by atoms with van der Waals surface area (Å²) in [7, 11) is -1.87. The number of halogens is 3. The summed E-state index contributed by atoms with van der Waals surface area (Å²) in [6.07, 6.45) is 7.70. The van der Waals surface area contributed by atoms with Gasteiger partial charge in [0.1, 0.15) is 23.6 Å². The number of hydrogen-bond acceptors (Lipinski definition) is 8. The number of nitrogens with two attached hydrogens (primary N) is 1. The fourth-order valence-electron chi connectivity index (χ4n) is 5.96. The number of piperazine rings is 1. The molecule has 1 aromatic carbocycles. The second-order valence-electron chi connectivity index (χ2n) is 10.7. The summed E-state index contributed by atoms with van der Waals surface area (Å²) in [6.45, 7) is 4.45. The van der Waals surface area contributed by atoms with Gasteiger partial charge in [0, 0.05) is 50.0 Å². The van der Waals surface area contributed by atoms with E-state index in [9.17, 15) is 8.42 Å². The number of thiophene rings is 1. The first-order valence-electron chi connectivity index (χ1n) is 13.4. The highest BCUT2D eigenvalue weighted by molar-refractivity contribution is 9.10. The molecule has 1 aliphatic heterocycles. The Morgan fingerprint density at radius 1 is 1.10 bits per heavy atom. The molecular formula is C27H30BrClFN7O2S2. The Balaban J connectivity index is 1.27. The molecule has 4 heterocycles. The summed E-state index contributed by atoms with van der Waals surface area (Å²) >= 11 is 10.0. The van der Waals surface area contributed by atoms with Crippen LogP contribution in [0, 0.1) is 5.82 Å². The van der Waals surface area contributed by atoms with Crippen LogP contribution in [0.2, 0.25) is 4.34 Å². The van der Waals surface area contributed by atoms with Gasteiger partial charge in [-0.3, -0.25) is 9.62 Å². The third kappa shape index (κ3) is 5.72. The van der Waals surface area contributed by atoms with Gasteiger partial charge >= 0.3 is 0 Å². The molecular weight excluding hydrogens is 653 g/mol. The van der Waals surface area contributed by atoms with E-state index in [-0.39, 0.29) is 15.9 Å². The van der Waals surface area contributed by atoms with Crippen LogP contribution in [0.15, 0.2) is 45.5 Å². The summed E-state index contributed by atoms with van der Waals surface area (Å²) in [6, 6.07) is 6.72. The summed E-state index contributed by atoms with van der Waals surface area (Å²) in [5.74, 6) is -0.395. The number of benzene rings is 1. The van der Waals surface area contributed by atoms with Crippen LogP contribution in [0.25, 0.3) is 22.2 Å². The van der Waals surface area contributed by atoms with Crippen LogP contribution in [-0.2, 0) is 10.0 Å². The average molecular weight is 683 g/mol. The molecule has 0 radical (unpaired) electrons. The van der Waals surface area contributed by atoms with Gasteiger partial charge in [0.05, 0.1) is 19.9 Å². The van der Waals surface area contributed by atoms with Gasteiger partial charge in [-0.1, -0.05) is 17.7 Å². The number of hydrogen-bond donors (Lipinski definition) is 2. The highest BCUT2D eigenvalue weighted by atomic mass is 79.9. The molecule has 9 nitrogen and oxygen atoms in total. The minimum absolute atomic E-state index is 0.0266. The molecule has 0 spiro atoms. The Labute approximate surface area is 255 Å². The van der Waals surface area contributed by atoms with Crippen molar-refractivity contribution >= 4 is 71.4 Å². The number of fused-ring (bicyclic) bond motifs is 1. The second kappa shape index (κ2) is 11.4. The Bertz CT molecular complexity index is 1700. The van der Waals surface area contributed by atoms with Crippen LogP contribution in [-0.4, -0.2) is 72.0 Å². The molecule has 6 rings (SSSR count). The van der Waals surface area contributed by atoms with Gasteiger partial charge in [-0.2, -0.15) is 0 Å². The van der Waals surface area contributed by atoms with Gasteiger partial charge in [0.15, 0.2) is 4.21 Å². The predicted octanol–water partition coefficient (Wildman–Crippen LogP) is 5.83. The Hall–Kier alpha value is -2.29. The molecule has 0 amide bonds. The molecule has 1 aliphatic carbocycles. The SMILES string of the molecule is CN1CCN(C2CCC(n3cc(-c4ccc(NS(=O)(=O)c5sc(Cl)cc5Br)c(F)c4)c4c(N)ncnc43)CC2)CC1. The standard InChI is InChI=1S/C27H30BrClFN7O2S2/c1-35-8-10-36(11-9-35)17-3-5-18(6-4-17)37-14-19(24-25(31)32-15-33-26(24)37)16-2-7-22(21(30)12-16)34-41(38,39)27-20(28)13-23(29)40-27/h2,7,12-15,17-18,34H,3-6,8-11H2,1H3,(H2,31,32,33). The lowest BCUT2D eigenvalue weighted by molar-refractivity contribution is 0.0828. The molecule has 0 unspecified atom stereocenters. The second-order valence-corrected chi connectivity index (χ2v) is 15.1. The first-order chi connectivity index (χ1) is 19.6. The molecule has 3 N–H and O–H groups in total. The number of aromatic nitrogens is 3. The van der Waals surface area contributed by atoms with Gasteiger partial charge in [-0.25, -0.2) is 22.8 Å². The van der Waals surface area contributed by atoms with E-state index in [1.165, 1.54) is 24.5 Å². The molecule has 1 saturated carbocycles. The molecule has 2 aliphatic rings. The predicted molar refractivity (Wildman–Crippen MR) is 166 cm³/mol. The Morgan fingerprint density at radius 3 is 2.46 bits per heavy atom. The average Bonchev–Trinajstić information content (AvgIpc) is 3.51. The number of nitrogens with zero attached hydrogens (tertiary/aromatic N) is 5. The first-order valence-corrected chi connectivity index (χ1v) is 16.9. The summed E-state index contributed by atoms with van der Waals surface area (Å²) in [4.78, 5) is 13.8. The van der Waals surface area contributed by atoms with E-state index >= 15 is 4.39 Å². The van der Waals surface area contributed by atoms with Crippen molar-refractivity contribution in [3.8, 4) is 11.1 Å². The van der Waals surface area contributed by atoms with Crippen molar-refractivity contribution in [2.45, 2.75) is 42.0 Å². The number of likely N-dealkylation sites (N-methyl/N-ethyl adjacent to an activating group) is 1. The Kier molecular flexibility index (Phi) is 8.02. The normalized spacial score (nSPS) is 21.0. The van der Waals surface area contributed by atoms with Gasteiger partial charge in [-0.15, -0.1) is 11.3 Å². The van der Waals surface area contributed by atoms with Crippen LogP contribution in [0.3, 0.4) is 0 Å². The number of rotatable bonds is 6. The molecule has 2 fully saturated rings.